The predicted octanol–water partition coefficient (Wildman–Crippen LogP) is -0.102. The van der Waals surface area contributed by atoms with Gasteiger partial charge in [-0.1, -0.05) is 6.92 Å². The Morgan fingerprint density at radius 1 is 1.41 bits per heavy atom. The number of piperazine rings is 1. The molecule has 0 radical (unpaired) electrons. The number of hydrogen-bond acceptors (Lipinski definition) is 5. The third-order valence-corrected chi connectivity index (χ3v) is 4.32. The van der Waals surface area contributed by atoms with Crippen LogP contribution in [0.1, 0.15) is 33.1 Å². The molecule has 0 bridgehead atoms. The fourth-order valence-corrected chi connectivity index (χ4v) is 3.05. The van der Waals surface area contributed by atoms with Crippen molar-refractivity contribution in [1.82, 2.24) is 14.8 Å². The lowest BCUT2D eigenvalue weighted by Crippen LogP contribution is -2.57. The van der Waals surface area contributed by atoms with E-state index in [2.05, 4.69) is 16.9 Å². The Bertz CT molecular complexity index is 464. The maximum atomic E-state index is 12.6. The first-order valence-corrected chi connectivity index (χ1v) is 7.97. The van der Waals surface area contributed by atoms with E-state index >= 15 is 0 Å². The van der Waals surface area contributed by atoms with Gasteiger partial charge in [-0.3, -0.25) is 14.5 Å². The number of aliphatic hydroxyl groups excluding tert-OH is 1. The molecule has 1 fully saturated rings. The molecule has 2 heterocycles. The van der Waals surface area contributed by atoms with Gasteiger partial charge in [-0.2, -0.15) is 5.10 Å². The summed E-state index contributed by atoms with van der Waals surface area (Å²) in [7, 11) is 1.59. The van der Waals surface area contributed by atoms with Crippen LogP contribution in [0.4, 0.5) is 0 Å². The van der Waals surface area contributed by atoms with E-state index < -0.39 is 0 Å². The lowest BCUT2D eigenvalue weighted by atomic mass is 10.1. The Morgan fingerprint density at radius 2 is 2.14 bits per heavy atom. The van der Waals surface area contributed by atoms with E-state index in [1.165, 1.54) is 5.01 Å². The van der Waals surface area contributed by atoms with Gasteiger partial charge in [-0.25, -0.2) is 5.01 Å². The van der Waals surface area contributed by atoms with Crippen LogP contribution in [0.3, 0.4) is 0 Å². The molecule has 1 saturated heterocycles. The average molecular weight is 310 g/mol. The van der Waals surface area contributed by atoms with Crippen LogP contribution in [0.15, 0.2) is 5.10 Å². The normalized spacial score (nSPS) is 25.2. The minimum atomic E-state index is -0.362. The number of hydrazone groups is 1. The molecule has 2 aliphatic heterocycles. The Labute approximate surface area is 131 Å². The smallest absolute Gasteiger partial charge is 0.270 e. The summed E-state index contributed by atoms with van der Waals surface area (Å²) in [6.45, 7) is 6.57. The maximum absolute atomic E-state index is 12.6. The first-order chi connectivity index (χ1) is 10.4. The van der Waals surface area contributed by atoms with Crippen LogP contribution in [0, 0.1) is 0 Å². The van der Waals surface area contributed by atoms with E-state index in [4.69, 9.17) is 0 Å². The molecular formula is C15H26N4O3. The monoisotopic (exact) mass is 310 g/mol. The SMILES string of the molecule is CC[C@H]1CN(C(=O)C2=NN(C)C(=O)CC2)CCN1C[C@H](C)O. The lowest BCUT2D eigenvalue weighted by Gasteiger charge is -2.42. The van der Waals surface area contributed by atoms with E-state index in [0.717, 1.165) is 13.0 Å². The van der Waals surface area contributed by atoms with Crippen LogP contribution >= 0.6 is 0 Å². The zero-order chi connectivity index (χ0) is 16.3. The molecule has 2 atom stereocenters. The number of aliphatic hydroxyl groups is 1. The summed E-state index contributed by atoms with van der Waals surface area (Å²) in [5, 5.41) is 14.9. The molecule has 1 N–H and O–H groups in total. The van der Waals surface area contributed by atoms with Gasteiger partial charge in [0.25, 0.3) is 5.91 Å². The van der Waals surface area contributed by atoms with Gasteiger partial charge in [0.2, 0.25) is 5.91 Å². The molecule has 0 aliphatic carbocycles. The minimum Gasteiger partial charge on any atom is -0.392 e. The van der Waals surface area contributed by atoms with Gasteiger partial charge in [0, 0.05) is 52.1 Å². The molecule has 124 valence electrons. The highest BCUT2D eigenvalue weighted by molar-refractivity contribution is 6.39. The van der Waals surface area contributed by atoms with Crippen molar-refractivity contribution in [1.29, 1.82) is 0 Å². The lowest BCUT2D eigenvalue weighted by molar-refractivity contribution is -0.131. The molecule has 7 heteroatoms. The first kappa shape index (κ1) is 16.9. The Balaban J connectivity index is 2.00. The molecule has 0 aromatic carbocycles. The Morgan fingerprint density at radius 3 is 2.73 bits per heavy atom. The number of nitrogens with zero attached hydrogens (tertiary/aromatic N) is 4. The quantitative estimate of drug-likeness (QED) is 0.786. The van der Waals surface area contributed by atoms with Crippen molar-refractivity contribution in [2.45, 2.75) is 45.3 Å². The van der Waals surface area contributed by atoms with Crippen LogP contribution in [0.5, 0.6) is 0 Å². The zero-order valence-electron chi connectivity index (χ0n) is 13.7. The molecule has 7 nitrogen and oxygen atoms in total. The van der Waals surface area contributed by atoms with Gasteiger partial charge in [0.15, 0.2) is 0 Å². The Hall–Kier alpha value is -1.47. The highest BCUT2D eigenvalue weighted by Crippen LogP contribution is 2.16. The molecule has 0 aromatic rings. The van der Waals surface area contributed by atoms with Crippen molar-refractivity contribution in [3.8, 4) is 0 Å². The van der Waals surface area contributed by atoms with Crippen LogP contribution < -0.4 is 0 Å². The number of amides is 2. The average Bonchev–Trinajstić information content (AvgIpc) is 2.49. The predicted molar refractivity (Wildman–Crippen MR) is 83.4 cm³/mol. The third kappa shape index (κ3) is 3.84. The zero-order valence-corrected chi connectivity index (χ0v) is 13.7. The molecule has 0 saturated carbocycles. The molecule has 2 amide bonds. The summed E-state index contributed by atoms with van der Waals surface area (Å²) in [5.41, 5.74) is 0.473. The topological polar surface area (TPSA) is 76.5 Å². The Kier molecular flexibility index (Phi) is 5.52. The van der Waals surface area contributed by atoms with Gasteiger partial charge in [0.1, 0.15) is 5.71 Å². The number of carbonyl (C=O) groups excluding carboxylic acids is 2. The molecule has 2 aliphatic rings. The van der Waals surface area contributed by atoms with Crippen LogP contribution in [-0.2, 0) is 9.59 Å². The van der Waals surface area contributed by atoms with Crippen molar-refractivity contribution in [2.24, 2.45) is 5.10 Å². The van der Waals surface area contributed by atoms with E-state index in [1.807, 2.05) is 4.90 Å². The number of carbonyl (C=O) groups is 2. The summed E-state index contributed by atoms with van der Waals surface area (Å²) in [6.07, 6.45) is 1.34. The highest BCUT2D eigenvalue weighted by Gasteiger charge is 2.32. The van der Waals surface area contributed by atoms with E-state index in [1.54, 1.807) is 14.0 Å². The van der Waals surface area contributed by atoms with E-state index in [-0.39, 0.29) is 24.0 Å². The van der Waals surface area contributed by atoms with Crippen LogP contribution in [0.25, 0.3) is 0 Å². The second kappa shape index (κ2) is 7.19. The summed E-state index contributed by atoms with van der Waals surface area (Å²) in [6, 6.07) is 0.260. The molecule has 0 unspecified atom stereocenters. The second-order valence-corrected chi connectivity index (χ2v) is 6.12. The van der Waals surface area contributed by atoms with E-state index in [9.17, 15) is 14.7 Å². The fraction of sp³-hybridized carbons (Fsp3) is 0.800. The molecule has 0 spiro atoms. The van der Waals surface area contributed by atoms with Gasteiger partial charge >= 0.3 is 0 Å². The summed E-state index contributed by atoms with van der Waals surface area (Å²) < 4.78 is 0. The molecular weight excluding hydrogens is 284 g/mol. The first-order valence-electron chi connectivity index (χ1n) is 7.97. The van der Waals surface area contributed by atoms with Gasteiger partial charge < -0.3 is 10.0 Å². The number of rotatable bonds is 4. The highest BCUT2D eigenvalue weighted by atomic mass is 16.3. The second-order valence-electron chi connectivity index (χ2n) is 6.12. The maximum Gasteiger partial charge on any atom is 0.270 e. The fourth-order valence-electron chi connectivity index (χ4n) is 3.05. The van der Waals surface area contributed by atoms with Crippen molar-refractivity contribution in [2.75, 3.05) is 33.2 Å². The summed E-state index contributed by atoms with van der Waals surface area (Å²) in [4.78, 5) is 28.1. The standard InChI is InChI=1S/C15H26N4O3/c1-4-12-10-19(8-7-18(12)9-11(2)20)15(22)13-5-6-14(21)17(3)16-13/h11-12,20H,4-10H2,1-3H3/t11-,12-/m0/s1. The van der Waals surface area contributed by atoms with Crippen molar-refractivity contribution >= 4 is 17.5 Å². The molecule has 22 heavy (non-hydrogen) atoms. The van der Waals surface area contributed by atoms with Crippen molar-refractivity contribution < 1.29 is 14.7 Å². The number of β-amino-alcohol motifs (C(OH)–C–C–N with tert-alkyl or cyclic N) is 1. The van der Waals surface area contributed by atoms with Gasteiger partial charge in [-0.05, 0) is 13.3 Å². The number of hydrogen-bond donors (Lipinski definition) is 1. The summed E-state index contributed by atoms with van der Waals surface area (Å²) in [5.74, 6) is -0.112. The third-order valence-electron chi connectivity index (χ3n) is 4.32. The van der Waals surface area contributed by atoms with Crippen LogP contribution in [0.2, 0.25) is 0 Å². The largest absolute Gasteiger partial charge is 0.392 e. The molecule has 2 rings (SSSR count). The van der Waals surface area contributed by atoms with Crippen LogP contribution in [-0.4, -0.2) is 82.8 Å². The van der Waals surface area contributed by atoms with Gasteiger partial charge in [0.05, 0.1) is 6.10 Å². The minimum absolute atomic E-state index is 0.0512. The van der Waals surface area contributed by atoms with Crippen molar-refractivity contribution in [3.63, 3.8) is 0 Å². The summed E-state index contributed by atoms with van der Waals surface area (Å²) >= 11 is 0. The van der Waals surface area contributed by atoms with Crippen molar-refractivity contribution in [3.05, 3.63) is 0 Å². The van der Waals surface area contributed by atoms with E-state index in [0.29, 0.717) is 38.2 Å². The molecule has 0 aromatic heterocycles. The van der Waals surface area contributed by atoms with Gasteiger partial charge in [-0.15, -0.1) is 0 Å².